The van der Waals surface area contributed by atoms with Gasteiger partial charge in [0.05, 0.1) is 0 Å². The highest BCUT2D eigenvalue weighted by molar-refractivity contribution is 5.73. The molecule has 0 radical (unpaired) electrons. The van der Waals surface area contributed by atoms with Gasteiger partial charge < -0.3 is 15.8 Å². The summed E-state index contributed by atoms with van der Waals surface area (Å²) in [7, 11) is 0. The fourth-order valence-corrected chi connectivity index (χ4v) is 1.23. The Morgan fingerprint density at radius 2 is 2.00 bits per heavy atom. The summed E-state index contributed by atoms with van der Waals surface area (Å²) < 4.78 is 27.9. The van der Waals surface area contributed by atoms with Crippen molar-refractivity contribution in [1.82, 2.24) is 5.32 Å². The zero-order valence-corrected chi connectivity index (χ0v) is 9.16. The Labute approximate surface area is 97.8 Å². The topological polar surface area (TPSA) is 64.4 Å². The van der Waals surface area contributed by atoms with Crippen molar-refractivity contribution >= 4 is 5.91 Å². The van der Waals surface area contributed by atoms with Crippen molar-refractivity contribution < 1.29 is 18.3 Å². The summed E-state index contributed by atoms with van der Waals surface area (Å²) in [6, 6.07) is 6.29. The van der Waals surface area contributed by atoms with E-state index >= 15 is 0 Å². The summed E-state index contributed by atoms with van der Waals surface area (Å²) >= 11 is 0. The van der Waals surface area contributed by atoms with Crippen LogP contribution in [0.3, 0.4) is 0 Å². The lowest BCUT2D eigenvalue weighted by atomic mass is 10.2. The van der Waals surface area contributed by atoms with Gasteiger partial charge in [0, 0.05) is 19.5 Å². The average molecular weight is 244 g/mol. The molecule has 1 aromatic rings. The van der Waals surface area contributed by atoms with Gasteiger partial charge in [0.1, 0.15) is 5.75 Å². The number of amides is 1. The van der Waals surface area contributed by atoms with E-state index in [0.717, 1.165) is 5.56 Å². The average Bonchev–Trinajstić information content (AvgIpc) is 2.25. The van der Waals surface area contributed by atoms with E-state index in [4.69, 9.17) is 5.73 Å². The number of nitrogens with one attached hydrogen (secondary N) is 1. The van der Waals surface area contributed by atoms with Crippen LogP contribution in [0.4, 0.5) is 8.78 Å². The maximum Gasteiger partial charge on any atom is 0.387 e. The molecule has 1 amide bonds. The summed E-state index contributed by atoms with van der Waals surface area (Å²) in [6.07, 6.45) is 0.270. The monoisotopic (exact) mass is 244 g/mol. The van der Waals surface area contributed by atoms with Gasteiger partial charge in [-0.2, -0.15) is 8.78 Å². The first kappa shape index (κ1) is 13.4. The summed E-state index contributed by atoms with van der Waals surface area (Å²) in [6.45, 7) is -1.78. The number of carbonyl (C=O) groups is 1. The molecule has 0 fully saturated rings. The largest absolute Gasteiger partial charge is 0.435 e. The Hall–Kier alpha value is -1.69. The number of hydrogen-bond acceptors (Lipinski definition) is 3. The number of benzene rings is 1. The van der Waals surface area contributed by atoms with Gasteiger partial charge in [-0.05, 0) is 17.7 Å². The van der Waals surface area contributed by atoms with Crippen LogP contribution < -0.4 is 15.8 Å². The SMILES string of the molecule is NC(=O)CCNCc1ccc(OC(F)F)cc1. The van der Waals surface area contributed by atoms with E-state index in [2.05, 4.69) is 10.1 Å². The predicted octanol–water partition coefficient (Wildman–Crippen LogP) is 1.25. The standard InChI is InChI=1S/C11H14F2N2O2/c12-11(13)17-9-3-1-8(2-4-9)7-15-6-5-10(14)16/h1-4,11,15H,5-7H2,(H2,14,16). The zero-order chi connectivity index (χ0) is 12.7. The van der Waals surface area contributed by atoms with Crippen molar-refractivity contribution in [3.05, 3.63) is 29.8 Å². The summed E-state index contributed by atoms with van der Waals surface area (Å²) in [5, 5.41) is 3.00. The van der Waals surface area contributed by atoms with E-state index in [1.165, 1.54) is 12.1 Å². The third-order valence-corrected chi connectivity index (χ3v) is 2.03. The number of carbonyl (C=O) groups excluding carboxylic acids is 1. The van der Waals surface area contributed by atoms with Crippen molar-refractivity contribution in [2.24, 2.45) is 5.73 Å². The summed E-state index contributed by atoms with van der Waals surface area (Å²) in [5.74, 6) is -0.237. The Bertz CT molecular complexity index is 355. The Balaban J connectivity index is 2.32. The number of rotatable bonds is 7. The third-order valence-electron chi connectivity index (χ3n) is 2.03. The first-order valence-electron chi connectivity index (χ1n) is 5.10. The molecule has 0 unspecified atom stereocenters. The van der Waals surface area contributed by atoms with E-state index < -0.39 is 6.61 Å². The van der Waals surface area contributed by atoms with Crippen LogP contribution in [0.25, 0.3) is 0 Å². The van der Waals surface area contributed by atoms with Crippen LogP contribution in [-0.4, -0.2) is 19.1 Å². The number of halogens is 2. The highest BCUT2D eigenvalue weighted by Crippen LogP contribution is 2.14. The van der Waals surface area contributed by atoms with Crippen molar-refractivity contribution in [1.29, 1.82) is 0 Å². The van der Waals surface area contributed by atoms with Gasteiger partial charge in [0.15, 0.2) is 0 Å². The molecule has 1 aromatic carbocycles. The molecule has 0 aliphatic rings. The highest BCUT2D eigenvalue weighted by Gasteiger charge is 2.03. The van der Waals surface area contributed by atoms with Gasteiger partial charge in [-0.3, -0.25) is 4.79 Å². The Morgan fingerprint density at radius 3 is 2.53 bits per heavy atom. The Morgan fingerprint density at radius 1 is 1.35 bits per heavy atom. The van der Waals surface area contributed by atoms with Crippen molar-refractivity contribution in [2.45, 2.75) is 19.6 Å². The Kier molecular flexibility index (Phi) is 5.35. The number of primary amides is 1. The molecule has 0 saturated heterocycles. The van der Waals surface area contributed by atoms with Gasteiger partial charge in [0.25, 0.3) is 0 Å². The van der Waals surface area contributed by atoms with Crippen LogP contribution in [-0.2, 0) is 11.3 Å². The van der Waals surface area contributed by atoms with Gasteiger partial charge in [0.2, 0.25) is 5.91 Å². The molecule has 0 saturated carbocycles. The predicted molar refractivity (Wildman–Crippen MR) is 58.6 cm³/mol. The van der Waals surface area contributed by atoms with Gasteiger partial charge in [-0.15, -0.1) is 0 Å². The molecular formula is C11H14F2N2O2. The normalized spacial score (nSPS) is 10.5. The maximum atomic E-state index is 11.9. The second kappa shape index (κ2) is 6.80. The number of alkyl halides is 2. The smallest absolute Gasteiger partial charge is 0.387 e. The second-order valence-corrected chi connectivity index (χ2v) is 3.42. The van der Waals surface area contributed by atoms with Gasteiger partial charge in [-0.1, -0.05) is 12.1 Å². The highest BCUT2D eigenvalue weighted by atomic mass is 19.3. The van der Waals surface area contributed by atoms with E-state index in [1.807, 2.05) is 0 Å². The minimum absolute atomic E-state index is 0.126. The van der Waals surface area contributed by atoms with E-state index in [9.17, 15) is 13.6 Å². The zero-order valence-electron chi connectivity index (χ0n) is 9.16. The third kappa shape index (κ3) is 5.82. The molecule has 3 N–H and O–H groups in total. The molecule has 0 aromatic heterocycles. The van der Waals surface area contributed by atoms with Crippen LogP contribution in [0.1, 0.15) is 12.0 Å². The quantitative estimate of drug-likeness (QED) is 0.709. The lowest BCUT2D eigenvalue weighted by molar-refractivity contribution is -0.117. The lowest BCUT2D eigenvalue weighted by Gasteiger charge is -2.06. The van der Waals surface area contributed by atoms with Crippen molar-refractivity contribution in [3.8, 4) is 5.75 Å². The molecule has 0 spiro atoms. The maximum absolute atomic E-state index is 11.9. The molecule has 1 rings (SSSR count). The first-order valence-corrected chi connectivity index (χ1v) is 5.10. The fraction of sp³-hybridized carbons (Fsp3) is 0.364. The number of hydrogen-bond donors (Lipinski definition) is 2. The fourth-order valence-electron chi connectivity index (χ4n) is 1.23. The molecule has 6 heteroatoms. The van der Waals surface area contributed by atoms with E-state index in [0.29, 0.717) is 13.1 Å². The van der Waals surface area contributed by atoms with Crippen LogP contribution in [0.5, 0.6) is 5.75 Å². The molecule has 0 heterocycles. The molecular weight excluding hydrogens is 230 g/mol. The van der Waals surface area contributed by atoms with Crippen LogP contribution in [0.2, 0.25) is 0 Å². The molecule has 0 bridgehead atoms. The molecule has 0 aliphatic carbocycles. The summed E-state index contributed by atoms with van der Waals surface area (Å²) in [5.41, 5.74) is 5.88. The molecule has 0 aliphatic heterocycles. The van der Waals surface area contributed by atoms with Gasteiger partial charge >= 0.3 is 6.61 Å². The first-order chi connectivity index (χ1) is 8.08. The lowest BCUT2D eigenvalue weighted by Crippen LogP contribution is -2.21. The number of nitrogens with two attached hydrogens (primary N) is 1. The minimum atomic E-state index is -2.81. The molecule has 4 nitrogen and oxygen atoms in total. The molecule has 17 heavy (non-hydrogen) atoms. The summed E-state index contributed by atoms with van der Waals surface area (Å²) in [4.78, 5) is 10.5. The van der Waals surface area contributed by atoms with Crippen LogP contribution >= 0.6 is 0 Å². The van der Waals surface area contributed by atoms with Crippen LogP contribution in [0, 0.1) is 0 Å². The number of ether oxygens (including phenoxy) is 1. The molecule has 94 valence electrons. The minimum Gasteiger partial charge on any atom is -0.435 e. The molecule has 0 atom stereocenters. The van der Waals surface area contributed by atoms with Crippen molar-refractivity contribution in [2.75, 3.05) is 6.54 Å². The van der Waals surface area contributed by atoms with E-state index in [1.54, 1.807) is 12.1 Å². The second-order valence-electron chi connectivity index (χ2n) is 3.42. The van der Waals surface area contributed by atoms with Crippen LogP contribution in [0.15, 0.2) is 24.3 Å². The van der Waals surface area contributed by atoms with Crippen molar-refractivity contribution in [3.63, 3.8) is 0 Å². The van der Waals surface area contributed by atoms with Gasteiger partial charge in [-0.25, -0.2) is 0 Å². The van der Waals surface area contributed by atoms with E-state index in [-0.39, 0.29) is 18.1 Å².